The summed E-state index contributed by atoms with van der Waals surface area (Å²) in [5.74, 6) is 0.0890. The highest BCUT2D eigenvalue weighted by Gasteiger charge is 2.11. The van der Waals surface area contributed by atoms with E-state index in [-0.39, 0.29) is 5.78 Å². The van der Waals surface area contributed by atoms with Crippen LogP contribution in [0, 0.1) is 6.92 Å². The van der Waals surface area contributed by atoms with Gasteiger partial charge in [0.2, 0.25) is 0 Å². The van der Waals surface area contributed by atoms with Crippen molar-refractivity contribution in [3.05, 3.63) is 70.9 Å². The van der Waals surface area contributed by atoms with Gasteiger partial charge in [-0.2, -0.15) is 0 Å². The maximum absolute atomic E-state index is 12.4. The summed E-state index contributed by atoms with van der Waals surface area (Å²) >= 11 is 6.20. The van der Waals surface area contributed by atoms with Crippen molar-refractivity contribution in [2.75, 3.05) is 0 Å². The van der Waals surface area contributed by atoms with Crippen LogP contribution >= 0.6 is 11.6 Å². The number of hydrogen-bond acceptors (Lipinski definition) is 1. The zero-order chi connectivity index (χ0) is 14.1. The Morgan fingerprint density at radius 3 is 2.75 bits per heavy atom. The van der Waals surface area contributed by atoms with E-state index in [1.165, 1.54) is 0 Å². The summed E-state index contributed by atoms with van der Waals surface area (Å²) in [5.41, 5.74) is 2.81. The standard InChI is InChI=1S/C17H14ClNO/c1-12-5-4-6-13(9-12)17(20)11-19-10-15(18)14-7-2-3-8-16(14)19/h2-10H,11H2,1H3. The third kappa shape index (κ3) is 2.35. The van der Waals surface area contributed by atoms with Gasteiger partial charge >= 0.3 is 0 Å². The van der Waals surface area contributed by atoms with E-state index in [0.717, 1.165) is 22.0 Å². The first-order valence-electron chi connectivity index (χ1n) is 6.48. The first-order chi connectivity index (χ1) is 9.65. The lowest BCUT2D eigenvalue weighted by atomic mass is 10.1. The van der Waals surface area contributed by atoms with Gasteiger partial charge in [-0.15, -0.1) is 0 Å². The molecule has 1 aromatic heterocycles. The predicted octanol–water partition coefficient (Wildman–Crippen LogP) is 4.49. The van der Waals surface area contributed by atoms with Gasteiger partial charge in [0.25, 0.3) is 0 Å². The van der Waals surface area contributed by atoms with Gasteiger partial charge in [0.15, 0.2) is 5.78 Å². The van der Waals surface area contributed by atoms with Crippen LogP contribution < -0.4 is 0 Å². The lowest BCUT2D eigenvalue weighted by Crippen LogP contribution is -2.09. The molecule has 3 aromatic rings. The number of hydrogen-bond donors (Lipinski definition) is 0. The number of nitrogens with zero attached hydrogens (tertiary/aromatic N) is 1. The molecule has 0 atom stereocenters. The average molecular weight is 284 g/mol. The second-order valence-electron chi connectivity index (χ2n) is 4.91. The Morgan fingerprint density at radius 1 is 1.15 bits per heavy atom. The van der Waals surface area contributed by atoms with Crippen molar-refractivity contribution in [1.29, 1.82) is 0 Å². The van der Waals surface area contributed by atoms with Crippen LogP contribution in [0.2, 0.25) is 5.02 Å². The highest BCUT2D eigenvalue weighted by atomic mass is 35.5. The number of aryl methyl sites for hydroxylation is 1. The largest absolute Gasteiger partial charge is 0.338 e. The van der Waals surface area contributed by atoms with Crippen LogP contribution in [0.25, 0.3) is 10.9 Å². The maximum Gasteiger partial charge on any atom is 0.182 e. The molecule has 0 amide bonds. The van der Waals surface area contributed by atoms with Crippen molar-refractivity contribution in [2.45, 2.75) is 13.5 Å². The van der Waals surface area contributed by atoms with Gasteiger partial charge in [-0.3, -0.25) is 4.79 Å². The number of rotatable bonds is 3. The smallest absolute Gasteiger partial charge is 0.182 e. The summed E-state index contributed by atoms with van der Waals surface area (Å²) in [5, 5.41) is 1.66. The van der Waals surface area contributed by atoms with E-state index in [4.69, 9.17) is 11.6 Å². The van der Waals surface area contributed by atoms with Gasteiger partial charge in [-0.25, -0.2) is 0 Å². The second kappa shape index (κ2) is 5.14. The van der Waals surface area contributed by atoms with Gasteiger partial charge in [0.05, 0.1) is 11.6 Å². The van der Waals surface area contributed by atoms with Crippen LogP contribution in [0.3, 0.4) is 0 Å². The summed E-state index contributed by atoms with van der Waals surface area (Å²) < 4.78 is 1.91. The fourth-order valence-electron chi connectivity index (χ4n) is 2.40. The number of carbonyl (C=O) groups excluding carboxylic acids is 1. The Hall–Kier alpha value is -2.06. The van der Waals surface area contributed by atoms with Crippen molar-refractivity contribution in [3.8, 4) is 0 Å². The monoisotopic (exact) mass is 283 g/mol. The molecular weight excluding hydrogens is 270 g/mol. The molecule has 1 heterocycles. The Bertz CT molecular complexity index is 789. The van der Waals surface area contributed by atoms with Crippen molar-refractivity contribution < 1.29 is 4.79 Å². The van der Waals surface area contributed by atoms with E-state index in [2.05, 4.69) is 0 Å². The fourth-order valence-corrected chi connectivity index (χ4v) is 2.67. The second-order valence-corrected chi connectivity index (χ2v) is 5.32. The SMILES string of the molecule is Cc1cccc(C(=O)Cn2cc(Cl)c3ccccc32)c1. The molecule has 0 aliphatic carbocycles. The van der Waals surface area contributed by atoms with Crippen molar-refractivity contribution in [2.24, 2.45) is 0 Å². The molecule has 100 valence electrons. The minimum absolute atomic E-state index is 0.0890. The topological polar surface area (TPSA) is 22.0 Å². The Balaban J connectivity index is 1.95. The summed E-state index contributed by atoms with van der Waals surface area (Å²) in [6, 6.07) is 15.5. The molecule has 3 heteroatoms. The molecule has 3 rings (SSSR count). The Labute approximate surface area is 122 Å². The van der Waals surface area contributed by atoms with Gasteiger partial charge < -0.3 is 4.57 Å². The first-order valence-corrected chi connectivity index (χ1v) is 6.86. The summed E-state index contributed by atoms with van der Waals surface area (Å²) in [4.78, 5) is 12.4. The van der Waals surface area contributed by atoms with Crippen LogP contribution in [0.1, 0.15) is 15.9 Å². The summed E-state index contributed by atoms with van der Waals surface area (Å²) in [6.07, 6.45) is 1.82. The van der Waals surface area contributed by atoms with Gasteiger partial charge in [0.1, 0.15) is 0 Å². The lowest BCUT2D eigenvalue weighted by molar-refractivity contribution is 0.0973. The number of aromatic nitrogens is 1. The van der Waals surface area contributed by atoms with E-state index in [0.29, 0.717) is 11.6 Å². The average Bonchev–Trinajstić information content (AvgIpc) is 2.76. The van der Waals surface area contributed by atoms with Crippen molar-refractivity contribution in [3.63, 3.8) is 0 Å². The minimum atomic E-state index is 0.0890. The van der Waals surface area contributed by atoms with Crippen molar-refractivity contribution in [1.82, 2.24) is 4.57 Å². The molecule has 20 heavy (non-hydrogen) atoms. The summed E-state index contributed by atoms with van der Waals surface area (Å²) in [7, 11) is 0. The van der Waals surface area contributed by atoms with Crippen LogP contribution in [0.4, 0.5) is 0 Å². The van der Waals surface area contributed by atoms with Crippen LogP contribution in [-0.4, -0.2) is 10.4 Å². The molecule has 0 fully saturated rings. The summed E-state index contributed by atoms with van der Waals surface area (Å²) in [6.45, 7) is 2.29. The molecule has 0 saturated heterocycles. The van der Waals surface area contributed by atoms with E-state index in [1.807, 2.05) is 66.2 Å². The van der Waals surface area contributed by atoms with Crippen LogP contribution in [0.15, 0.2) is 54.7 Å². The molecule has 0 N–H and O–H groups in total. The van der Waals surface area contributed by atoms with Crippen molar-refractivity contribution >= 4 is 28.3 Å². The zero-order valence-electron chi connectivity index (χ0n) is 11.1. The number of ketones is 1. The predicted molar refractivity (Wildman–Crippen MR) is 82.5 cm³/mol. The highest BCUT2D eigenvalue weighted by Crippen LogP contribution is 2.25. The molecule has 0 bridgehead atoms. The maximum atomic E-state index is 12.4. The number of Topliss-reactive ketones (excluding diaryl/α,β-unsaturated/α-hetero) is 1. The van der Waals surface area contributed by atoms with Crippen LogP contribution in [-0.2, 0) is 6.54 Å². The van der Waals surface area contributed by atoms with Gasteiger partial charge in [0, 0.05) is 22.7 Å². The third-order valence-electron chi connectivity index (χ3n) is 3.39. The molecule has 0 unspecified atom stereocenters. The van der Waals surface area contributed by atoms with E-state index < -0.39 is 0 Å². The third-order valence-corrected chi connectivity index (χ3v) is 3.70. The highest BCUT2D eigenvalue weighted by molar-refractivity contribution is 6.35. The molecule has 0 spiro atoms. The number of halogens is 1. The molecule has 0 aliphatic heterocycles. The minimum Gasteiger partial charge on any atom is -0.338 e. The molecule has 0 saturated carbocycles. The lowest BCUT2D eigenvalue weighted by Gasteiger charge is -2.05. The van der Waals surface area contributed by atoms with E-state index in [9.17, 15) is 4.79 Å². The molecule has 0 radical (unpaired) electrons. The van der Waals surface area contributed by atoms with E-state index in [1.54, 1.807) is 0 Å². The zero-order valence-corrected chi connectivity index (χ0v) is 11.9. The quantitative estimate of drug-likeness (QED) is 0.649. The first kappa shape index (κ1) is 12.9. The number of para-hydroxylation sites is 1. The molecule has 2 nitrogen and oxygen atoms in total. The molecule has 0 aliphatic rings. The van der Waals surface area contributed by atoms with Crippen LogP contribution in [0.5, 0.6) is 0 Å². The molecule has 2 aromatic carbocycles. The Morgan fingerprint density at radius 2 is 1.95 bits per heavy atom. The number of benzene rings is 2. The van der Waals surface area contributed by atoms with Gasteiger partial charge in [-0.1, -0.05) is 53.6 Å². The fraction of sp³-hybridized carbons (Fsp3) is 0.118. The van der Waals surface area contributed by atoms with E-state index >= 15 is 0 Å². The van der Waals surface area contributed by atoms with Gasteiger partial charge in [-0.05, 0) is 19.1 Å². The number of carbonyl (C=O) groups is 1. The number of fused-ring (bicyclic) bond motifs is 1. The molecular formula is C17H14ClNO. The Kier molecular flexibility index (Phi) is 3.33. The normalized spacial score (nSPS) is 10.9.